The van der Waals surface area contributed by atoms with E-state index in [9.17, 15) is 19.2 Å². The van der Waals surface area contributed by atoms with E-state index < -0.39 is 48.5 Å². The molecule has 0 radical (unpaired) electrons. The van der Waals surface area contributed by atoms with Gasteiger partial charge in [0, 0.05) is 13.8 Å². The van der Waals surface area contributed by atoms with Crippen molar-refractivity contribution in [2.45, 2.75) is 38.4 Å². The van der Waals surface area contributed by atoms with E-state index in [0.29, 0.717) is 5.56 Å². The van der Waals surface area contributed by atoms with E-state index in [-0.39, 0.29) is 12.2 Å². The van der Waals surface area contributed by atoms with Crippen LogP contribution in [0.5, 0.6) is 0 Å². The Balaban J connectivity index is 1.80. The van der Waals surface area contributed by atoms with E-state index >= 15 is 0 Å². The molecule has 1 aliphatic heterocycles. The highest BCUT2D eigenvalue weighted by atomic mass is 16.8. The Hall–Kier alpha value is -3.72. The maximum absolute atomic E-state index is 12.6. The van der Waals surface area contributed by atoms with E-state index in [2.05, 4.69) is 0 Å². The number of rotatable bonds is 7. The Labute approximate surface area is 184 Å². The quantitative estimate of drug-likeness (QED) is 0.470. The fraction of sp³-hybridized carbons (Fsp3) is 0.304. The van der Waals surface area contributed by atoms with Gasteiger partial charge in [0.1, 0.15) is 12.7 Å². The van der Waals surface area contributed by atoms with Gasteiger partial charge in [0.15, 0.2) is 6.10 Å². The van der Waals surface area contributed by atoms with Gasteiger partial charge in [-0.05, 0) is 24.3 Å². The smallest absolute Gasteiger partial charge is 0.338 e. The summed E-state index contributed by atoms with van der Waals surface area (Å²) in [4.78, 5) is 48.1. The first kappa shape index (κ1) is 23.0. The number of carbonyl (C=O) groups is 4. The van der Waals surface area contributed by atoms with Crippen LogP contribution in [0.3, 0.4) is 0 Å². The third-order valence-electron chi connectivity index (χ3n) is 4.49. The monoisotopic (exact) mass is 442 g/mol. The summed E-state index contributed by atoms with van der Waals surface area (Å²) >= 11 is 0. The zero-order valence-corrected chi connectivity index (χ0v) is 17.5. The first-order valence-electron chi connectivity index (χ1n) is 9.83. The standard InChI is InChI=1S/C23H22O9/c1-14(24)29-20-19(32-22(27)17-11-7-4-8-12-17)18(31-23(20)30-15(2)25)13-28-21(26)16-9-5-3-6-10-16/h3-12,18-20,23H,13H2,1-2H3/t18-,19+,20-,23?/m0/s1. The second-order valence-corrected chi connectivity index (χ2v) is 6.93. The lowest BCUT2D eigenvalue weighted by atomic mass is 10.1. The second kappa shape index (κ2) is 10.5. The van der Waals surface area contributed by atoms with Crippen LogP contribution < -0.4 is 0 Å². The topological polar surface area (TPSA) is 114 Å². The molecular formula is C23H22O9. The van der Waals surface area contributed by atoms with Gasteiger partial charge in [0.25, 0.3) is 0 Å². The second-order valence-electron chi connectivity index (χ2n) is 6.93. The number of carbonyl (C=O) groups excluding carboxylic acids is 4. The van der Waals surface area contributed by atoms with Gasteiger partial charge in [0.05, 0.1) is 11.1 Å². The number of hydrogen-bond acceptors (Lipinski definition) is 9. The molecule has 3 rings (SSSR count). The van der Waals surface area contributed by atoms with Crippen molar-refractivity contribution < 1.29 is 42.9 Å². The average molecular weight is 442 g/mol. The minimum Gasteiger partial charge on any atom is -0.459 e. The van der Waals surface area contributed by atoms with Gasteiger partial charge in [-0.2, -0.15) is 0 Å². The molecule has 9 heteroatoms. The van der Waals surface area contributed by atoms with Gasteiger partial charge in [-0.25, -0.2) is 9.59 Å². The summed E-state index contributed by atoms with van der Waals surface area (Å²) in [5.74, 6) is -2.72. The van der Waals surface area contributed by atoms with E-state index in [1.165, 1.54) is 0 Å². The molecule has 2 aromatic rings. The predicted molar refractivity (Wildman–Crippen MR) is 108 cm³/mol. The van der Waals surface area contributed by atoms with Crippen molar-refractivity contribution in [3.63, 3.8) is 0 Å². The third kappa shape index (κ3) is 5.92. The van der Waals surface area contributed by atoms with Crippen LogP contribution in [0.15, 0.2) is 60.7 Å². The van der Waals surface area contributed by atoms with Crippen LogP contribution in [-0.4, -0.2) is 55.1 Å². The van der Waals surface area contributed by atoms with Gasteiger partial charge in [0.2, 0.25) is 12.4 Å². The SMILES string of the molecule is CC(=O)OC1O[C@@H](COC(=O)c2ccccc2)[C@@H](OC(=O)c2ccccc2)[C@@H]1OC(C)=O. The van der Waals surface area contributed by atoms with Crippen molar-refractivity contribution in [1.82, 2.24) is 0 Å². The van der Waals surface area contributed by atoms with Gasteiger partial charge < -0.3 is 23.7 Å². The summed E-state index contributed by atoms with van der Waals surface area (Å²) in [6, 6.07) is 16.4. The molecule has 0 aromatic heterocycles. The molecule has 1 heterocycles. The summed E-state index contributed by atoms with van der Waals surface area (Å²) in [6.07, 6.45) is -4.83. The minimum absolute atomic E-state index is 0.255. The van der Waals surface area contributed by atoms with Gasteiger partial charge in [-0.15, -0.1) is 0 Å². The molecule has 0 spiro atoms. The number of ether oxygens (including phenoxy) is 5. The molecule has 0 aliphatic carbocycles. The zero-order chi connectivity index (χ0) is 23.1. The first-order chi connectivity index (χ1) is 15.3. The maximum atomic E-state index is 12.6. The summed E-state index contributed by atoms with van der Waals surface area (Å²) in [5, 5.41) is 0. The summed E-state index contributed by atoms with van der Waals surface area (Å²) in [6.45, 7) is 1.97. The molecule has 9 nitrogen and oxygen atoms in total. The van der Waals surface area contributed by atoms with Crippen molar-refractivity contribution in [3.05, 3.63) is 71.8 Å². The van der Waals surface area contributed by atoms with Gasteiger partial charge >= 0.3 is 23.9 Å². The van der Waals surface area contributed by atoms with Crippen LogP contribution in [0.1, 0.15) is 34.6 Å². The van der Waals surface area contributed by atoms with E-state index in [1.54, 1.807) is 60.7 Å². The molecule has 168 valence electrons. The maximum Gasteiger partial charge on any atom is 0.338 e. The third-order valence-corrected chi connectivity index (χ3v) is 4.49. The number of hydrogen-bond donors (Lipinski definition) is 0. The Morgan fingerprint density at radius 3 is 1.78 bits per heavy atom. The fourth-order valence-corrected chi connectivity index (χ4v) is 3.12. The molecule has 2 aromatic carbocycles. The minimum atomic E-state index is -1.34. The van der Waals surface area contributed by atoms with Crippen molar-refractivity contribution in [3.8, 4) is 0 Å². The molecule has 1 fully saturated rings. The van der Waals surface area contributed by atoms with E-state index in [4.69, 9.17) is 23.7 Å². The summed E-state index contributed by atoms with van der Waals surface area (Å²) < 4.78 is 26.8. The largest absolute Gasteiger partial charge is 0.459 e. The Morgan fingerprint density at radius 1 is 0.719 bits per heavy atom. The number of benzene rings is 2. The molecule has 1 aliphatic rings. The molecule has 32 heavy (non-hydrogen) atoms. The lowest BCUT2D eigenvalue weighted by Gasteiger charge is -2.23. The van der Waals surface area contributed by atoms with Crippen LogP contribution in [0.4, 0.5) is 0 Å². The Morgan fingerprint density at radius 2 is 1.25 bits per heavy atom. The average Bonchev–Trinajstić information content (AvgIpc) is 3.08. The van der Waals surface area contributed by atoms with Crippen molar-refractivity contribution in [2.75, 3.05) is 6.61 Å². The van der Waals surface area contributed by atoms with E-state index in [1.807, 2.05) is 0 Å². The summed E-state index contributed by atoms with van der Waals surface area (Å²) in [7, 11) is 0. The zero-order valence-electron chi connectivity index (χ0n) is 17.5. The first-order valence-corrected chi connectivity index (χ1v) is 9.83. The Kier molecular flexibility index (Phi) is 7.56. The van der Waals surface area contributed by atoms with Crippen LogP contribution in [-0.2, 0) is 33.3 Å². The van der Waals surface area contributed by atoms with Crippen molar-refractivity contribution in [1.29, 1.82) is 0 Å². The molecule has 0 amide bonds. The molecular weight excluding hydrogens is 420 g/mol. The normalized spacial score (nSPS) is 21.9. The fourth-order valence-electron chi connectivity index (χ4n) is 3.12. The molecule has 0 bridgehead atoms. The lowest BCUT2D eigenvalue weighted by molar-refractivity contribution is -0.196. The summed E-state index contributed by atoms with van der Waals surface area (Å²) in [5.41, 5.74) is 0.571. The lowest BCUT2D eigenvalue weighted by Crippen LogP contribution is -2.42. The Bertz CT molecular complexity index is 958. The molecule has 4 atom stereocenters. The molecule has 0 N–H and O–H groups in total. The highest BCUT2D eigenvalue weighted by Gasteiger charge is 2.51. The van der Waals surface area contributed by atoms with Crippen LogP contribution in [0.2, 0.25) is 0 Å². The van der Waals surface area contributed by atoms with Crippen molar-refractivity contribution in [2.24, 2.45) is 0 Å². The molecule has 0 saturated carbocycles. The highest BCUT2D eigenvalue weighted by Crippen LogP contribution is 2.29. The van der Waals surface area contributed by atoms with Gasteiger partial charge in [-0.1, -0.05) is 36.4 Å². The van der Waals surface area contributed by atoms with Crippen LogP contribution in [0.25, 0.3) is 0 Å². The molecule has 1 saturated heterocycles. The predicted octanol–water partition coefficient (Wildman–Crippen LogP) is 2.29. The highest BCUT2D eigenvalue weighted by molar-refractivity contribution is 5.90. The number of esters is 4. The van der Waals surface area contributed by atoms with Crippen LogP contribution >= 0.6 is 0 Å². The van der Waals surface area contributed by atoms with E-state index in [0.717, 1.165) is 13.8 Å². The van der Waals surface area contributed by atoms with Crippen molar-refractivity contribution >= 4 is 23.9 Å². The van der Waals surface area contributed by atoms with Crippen LogP contribution in [0, 0.1) is 0 Å². The van der Waals surface area contributed by atoms with Gasteiger partial charge in [-0.3, -0.25) is 9.59 Å². The molecule has 1 unspecified atom stereocenters.